The van der Waals surface area contributed by atoms with Crippen molar-refractivity contribution in [3.8, 4) is 5.75 Å². The summed E-state index contributed by atoms with van der Waals surface area (Å²) in [4.78, 5) is 0.123. The fourth-order valence-electron chi connectivity index (χ4n) is 1.77. The molecule has 88 valence electrons. The Labute approximate surface area is 93.6 Å². The van der Waals surface area contributed by atoms with Crippen LogP contribution >= 0.6 is 0 Å². The van der Waals surface area contributed by atoms with Crippen LogP contribution < -0.4 is 5.32 Å². The third kappa shape index (κ3) is 1.91. The molecule has 6 heteroatoms. The minimum Gasteiger partial charge on any atom is -0.508 e. The number of hydrogen-bond acceptors (Lipinski definition) is 5. The minimum atomic E-state index is -3.53. The van der Waals surface area contributed by atoms with Gasteiger partial charge in [0.15, 0.2) is 9.84 Å². The Morgan fingerprint density at radius 2 is 1.81 bits per heavy atom. The van der Waals surface area contributed by atoms with Crippen molar-refractivity contribution in [1.29, 1.82) is 0 Å². The van der Waals surface area contributed by atoms with Gasteiger partial charge in [0.2, 0.25) is 0 Å². The van der Waals surface area contributed by atoms with Crippen molar-refractivity contribution in [2.75, 3.05) is 13.1 Å². The quantitative estimate of drug-likeness (QED) is 0.652. The lowest BCUT2D eigenvalue weighted by atomic mass is 10.3. The van der Waals surface area contributed by atoms with Gasteiger partial charge in [-0.15, -0.1) is 0 Å². The Bertz CT molecular complexity index is 468. The van der Waals surface area contributed by atoms with Crippen molar-refractivity contribution in [2.24, 2.45) is 0 Å². The van der Waals surface area contributed by atoms with Crippen molar-refractivity contribution in [3.05, 3.63) is 24.3 Å². The molecular weight excluding hydrogens is 230 g/mol. The molecule has 0 saturated carbocycles. The van der Waals surface area contributed by atoms with Crippen LogP contribution in [0.5, 0.6) is 5.75 Å². The third-order valence-electron chi connectivity index (χ3n) is 2.69. The van der Waals surface area contributed by atoms with Gasteiger partial charge in [-0.1, -0.05) is 0 Å². The monoisotopic (exact) mass is 243 g/mol. The van der Waals surface area contributed by atoms with E-state index in [1.54, 1.807) is 0 Å². The first-order valence-electron chi connectivity index (χ1n) is 4.93. The summed E-state index contributed by atoms with van der Waals surface area (Å²) in [7, 11) is -3.53. The standard InChI is InChI=1S/C10H13NO4S/c12-7-1-3-8(4-2-7)16(14,15)10-6-11-5-9(10)13/h1-4,9-13H,5-6H2. The molecule has 0 aliphatic carbocycles. The van der Waals surface area contributed by atoms with E-state index in [4.69, 9.17) is 5.11 Å². The summed E-state index contributed by atoms with van der Waals surface area (Å²) in [5.41, 5.74) is 0. The highest BCUT2D eigenvalue weighted by Gasteiger charge is 2.37. The fourth-order valence-corrected chi connectivity index (χ4v) is 3.48. The van der Waals surface area contributed by atoms with Gasteiger partial charge in [-0.25, -0.2) is 8.42 Å². The van der Waals surface area contributed by atoms with E-state index < -0.39 is 21.2 Å². The number of hydrogen-bond donors (Lipinski definition) is 3. The van der Waals surface area contributed by atoms with E-state index in [0.717, 1.165) is 0 Å². The lowest BCUT2D eigenvalue weighted by Gasteiger charge is -2.14. The predicted molar refractivity (Wildman–Crippen MR) is 58.0 cm³/mol. The van der Waals surface area contributed by atoms with Gasteiger partial charge in [0.05, 0.1) is 11.0 Å². The molecule has 1 aliphatic heterocycles. The van der Waals surface area contributed by atoms with E-state index in [1.165, 1.54) is 24.3 Å². The smallest absolute Gasteiger partial charge is 0.185 e. The molecule has 0 aromatic heterocycles. The zero-order chi connectivity index (χ0) is 11.8. The van der Waals surface area contributed by atoms with Crippen LogP contribution in [0.2, 0.25) is 0 Å². The molecule has 1 fully saturated rings. The number of aliphatic hydroxyl groups excluding tert-OH is 1. The number of β-amino-alcohol motifs (C(OH)–C–C–N with tert-alkyl or cyclic N) is 1. The summed E-state index contributed by atoms with van der Waals surface area (Å²) < 4.78 is 24.1. The maximum absolute atomic E-state index is 12.1. The van der Waals surface area contributed by atoms with Gasteiger partial charge in [-0.05, 0) is 24.3 Å². The molecule has 1 aliphatic rings. The van der Waals surface area contributed by atoms with Gasteiger partial charge < -0.3 is 15.5 Å². The van der Waals surface area contributed by atoms with Crippen LogP contribution in [0, 0.1) is 0 Å². The Hall–Kier alpha value is -1.11. The Balaban J connectivity index is 2.35. The molecule has 0 spiro atoms. The molecule has 1 aromatic rings. The second-order valence-electron chi connectivity index (χ2n) is 3.80. The first-order valence-corrected chi connectivity index (χ1v) is 6.48. The van der Waals surface area contributed by atoms with E-state index in [9.17, 15) is 13.5 Å². The predicted octanol–water partition coefficient (Wildman–Crippen LogP) is -0.501. The number of sulfone groups is 1. The first kappa shape index (κ1) is 11.4. The lowest BCUT2D eigenvalue weighted by molar-refractivity contribution is 0.198. The Morgan fingerprint density at radius 1 is 1.19 bits per heavy atom. The molecule has 1 heterocycles. The largest absolute Gasteiger partial charge is 0.508 e. The molecule has 0 amide bonds. The van der Waals surface area contributed by atoms with E-state index in [-0.39, 0.29) is 17.2 Å². The third-order valence-corrected chi connectivity index (χ3v) is 4.90. The van der Waals surface area contributed by atoms with Crippen LogP contribution in [0.3, 0.4) is 0 Å². The number of phenolic OH excluding ortho intramolecular Hbond substituents is 1. The van der Waals surface area contributed by atoms with Crippen molar-refractivity contribution in [1.82, 2.24) is 5.32 Å². The molecule has 0 radical (unpaired) electrons. The number of rotatable bonds is 2. The number of aromatic hydroxyl groups is 1. The molecule has 1 saturated heterocycles. The van der Waals surface area contributed by atoms with Gasteiger partial charge in [0.1, 0.15) is 11.0 Å². The number of phenols is 1. The molecule has 2 rings (SSSR count). The van der Waals surface area contributed by atoms with Crippen LogP contribution in [-0.2, 0) is 9.84 Å². The summed E-state index contributed by atoms with van der Waals surface area (Å²) in [6, 6.07) is 5.33. The Kier molecular flexibility index (Phi) is 2.88. The second-order valence-corrected chi connectivity index (χ2v) is 5.97. The second kappa shape index (κ2) is 4.04. The molecule has 2 unspecified atom stereocenters. The summed E-state index contributed by atoms with van der Waals surface area (Å²) in [6.07, 6.45) is -0.876. The van der Waals surface area contributed by atoms with Crippen LogP contribution in [0.1, 0.15) is 0 Å². The molecule has 5 nitrogen and oxygen atoms in total. The maximum Gasteiger partial charge on any atom is 0.185 e. The van der Waals surface area contributed by atoms with E-state index in [0.29, 0.717) is 6.54 Å². The first-order chi connectivity index (χ1) is 7.51. The summed E-state index contributed by atoms with van der Waals surface area (Å²) in [6.45, 7) is 0.548. The fraction of sp³-hybridized carbons (Fsp3) is 0.400. The van der Waals surface area contributed by atoms with Crippen LogP contribution in [0.25, 0.3) is 0 Å². The topological polar surface area (TPSA) is 86.6 Å². The highest BCUT2D eigenvalue weighted by atomic mass is 32.2. The number of aliphatic hydroxyl groups is 1. The summed E-state index contributed by atoms with van der Waals surface area (Å²) in [5, 5.41) is 20.7. The molecule has 0 bridgehead atoms. The zero-order valence-electron chi connectivity index (χ0n) is 8.50. The molecule has 2 atom stereocenters. The maximum atomic E-state index is 12.1. The molecule has 16 heavy (non-hydrogen) atoms. The van der Waals surface area contributed by atoms with E-state index in [2.05, 4.69) is 5.32 Å². The van der Waals surface area contributed by atoms with Crippen molar-refractivity contribution in [2.45, 2.75) is 16.2 Å². The van der Waals surface area contributed by atoms with E-state index in [1.807, 2.05) is 0 Å². The van der Waals surface area contributed by atoms with Crippen LogP contribution in [-0.4, -0.2) is 43.1 Å². The highest BCUT2D eigenvalue weighted by Crippen LogP contribution is 2.22. The molecular formula is C10H13NO4S. The summed E-state index contributed by atoms with van der Waals surface area (Å²) in [5.74, 6) is 0.0176. The number of nitrogens with one attached hydrogen (secondary N) is 1. The van der Waals surface area contributed by atoms with Crippen LogP contribution in [0.4, 0.5) is 0 Å². The van der Waals surface area contributed by atoms with Gasteiger partial charge in [-0.2, -0.15) is 0 Å². The average molecular weight is 243 g/mol. The van der Waals surface area contributed by atoms with Crippen molar-refractivity contribution in [3.63, 3.8) is 0 Å². The molecule has 1 aromatic carbocycles. The lowest BCUT2D eigenvalue weighted by Crippen LogP contribution is -2.32. The Morgan fingerprint density at radius 3 is 2.31 bits per heavy atom. The number of benzene rings is 1. The normalized spacial score (nSPS) is 25.8. The average Bonchev–Trinajstić information content (AvgIpc) is 2.66. The van der Waals surface area contributed by atoms with Crippen molar-refractivity contribution >= 4 is 9.84 Å². The minimum absolute atomic E-state index is 0.0176. The van der Waals surface area contributed by atoms with Gasteiger partial charge in [-0.3, -0.25) is 0 Å². The van der Waals surface area contributed by atoms with Gasteiger partial charge >= 0.3 is 0 Å². The summed E-state index contributed by atoms with van der Waals surface area (Å²) >= 11 is 0. The van der Waals surface area contributed by atoms with Crippen molar-refractivity contribution < 1.29 is 18.6 Å². The SMILES string of the molecule is O=S(=O)(c1ccc(O)cc1)C1CNCC1O. The van der Waals surface area contributed by atoms with Crippen LogP contribution in [0.15, 0.2) is 29.2 Å². The van der Waals surface area contributed by atoms with Gasteiger partial charge in [0.25, 0.3) is 0 Å². The van der Waals surface area contributed by atoms with E-state index >= 15 is 0 Å². The van der Waals surface area contributed by atoms with Gasteiger partial charge in [0, 0.05) is 13.1 Å². The highest BCUT2D eigenvalue weighted by molar-refractivity contribution is 7.92. The zero-order valence-corrected chi connectivity index (χ0v) is 9.31. The molecule has 3 N–H and O–H groups in total.